The van der Waals surface area contributed by atoms with Crippen LogP contribution < -0.4 is 0 Å². The number of carbonyl (C=O) groups excluding carboxylic acids is 1. The van der Waals surface area contributed by atoms with Crippen molar-refractivity contribution in [3.63, 3.8) is 0 Å². The zero-order valence-electron chi connectivity index (χ0n) is 9.38. The van der Waals surface area contributed by atoms with Gasteiger partial charge in [0, 0.05) is 16.6 Å². The Balaban J connectivity index is 2.42. The second kappa shape index (κ2) is 4.61. The Hall–Kier alpha value is -1.42. The van der Waals surface area contributed by atoms with Crippen LogP contribution in [0.25, 0.3) is 11.3 Å². The molecule has 84 valence electrons. The van der Waals surface area contributed by atoms with E-state index in [-0.39, 0.29) is 0 Å². The van der Waals surface area contributed by atoms with Crippen molar-refractivity contribution < 1.29 is 4.79 Å². The van der Waals surface area contributed by atoms with Crippen LogP contribution in [-0.2, 0) is 11.3 Å². The Bertz CT molecular complexity index is 471. The van der Waals surface area contributed by atoms with Gasteiger partial charge < -0.3 is 4.79 Å². The minimum Gasteiger partial charge on any atom is -0.301 e. The molecule has 0 saturated heterocycles. The van der Waals surface area contributed by atoms with Gasteiger partial charge in [0.2, 0.25) is 0 Å². The molecule has 0 N–H and O–H groups in total. The second-order valence-corrected chi connectivity index (χ2v) is 4.75. The van der Waals surface area contributed by atoms with E-state index >= 15 is 0 Å². The molecule has 0 aliphatic rings. The second-order valence-electron chi connectivity index (χ2n) is 3.97. The SMILES string of the molecule is CC(C)c1cc(-c2ccsc2)nn1CC=O. The molecule has 0 aromatic carbocycles. The van der Waals surface area contributed by atoms with E-state index in [1.165, 1.54) is 0 Å². The molecule has 0 bridgehead atoms. The molecular weight excluding hydrogens is 220 g/mol. The van der Waals surface area contributed by atoms with Gasteiger partial charge in [0.05, 0.1) is 12.2 Å². The molecule has 0 atom stereocenters. The van der Waals surface area contributed by atoms with E-state index < -0.39 is 0 Å². The summed E-state index contributed by atoms with van der Waals surface area (Å²) in [5.74, 6) is 0.375. The maximum Gasteiger partial charge on any atom is 0.141 e. The maximum absolute atomic E-state index is 10.6. The van der Waals surface area contributed by atoms with Crippen LogP contribution in [0.2, 0.25) is 0 Å². The third-order valence-electron chi connectivity index (χ3n) is 2.47. The quantitative estimate of drug-likeness (QED) is 0.762. The van der Waals surface area contributed by atoms with Gasteiger partial charge >= 0.3 is 0 Å². The van der Waals surface area contributed by atoms with Crippen LogP contribution in [0.4, 0.5) is 0 Å². The highest BCUT2D eigenvalue weighted by Crippen LogP contribution is 2.24. The molecule has 0 fully saturated rings. The Morgan fingerprint density at radius 2 is 2.38 bits per heavy atom. The van der Waals surface area contributed by atoms with Gasteiger partial charge in [0.1, 0.15) is 6.29 Å². The van der Waals surface area contributed by atoms with Crippen molar-refractivity contribution in [2.45, 2.75) is 26.3 Å². The first-order chi connectivity index (χ1) is 7.72. The molecule has 16 heavy (non-hydrogen) atoms. The van der Waals surface area contributed by atoms with Crippen molar-refractivity contribution in [1.82, 2.24) is 9.78 Å². The van der Waals surface area contributed by atoms with Crippen molar-refractivity contribution in [3.8, 4) is 11.3 Å². The zero-order chi connectivity index (χ0) is 11.5. The van der Waals surface area contributed by atoms with Gasteiger partial charge in [-0.2, -0.15) is 16.4 Å². The van der Waals surface area contributed by atoms with Crippen molar-refractivity contribution in [1.29, 1.82) is 0 Å². The molecule has 4 heteroatoms. The van der Waals surface area contributed by atoms with Crippen molar-refractivity contribution in [2.24, 2.45) is 0 Å². The number of rotatable bonds is 4. The van der Waals surface area contributed by atoms with Crippen molar-refractivity contribution >= 4 is 17.6 Å². The number of carbonyl (C=O) groups is 1. The number of aromatic nitrogens is 2. The lowest BCUT2D eigenvalue weighted by atomic mass is 10.1. The van der Waals surface area contributed by atoms with Gasteiger partial charge in [-0.05, 0) is 23.4 Å². The summed E-state index contributed by atoms with van der Waals surface area (Å²) < 4.78 is 1.78. The summed E-state index contributed by atoms with van der Waals surface area (Å²) in [4.78, 5) is 10.6. The number of thiophene rings is 1. The van der Waals surface area contributed by atoms with Gasteiger partial charge in [-0.25, -0.2) is 0 Å². The highest BCUT2D eigenvalue weighted by atomic mass is 32.1. The minimum absolute atomic E-state index is 0.331. The third kappa shape index (κ3) is 2.07. The lowest BCUT2D eigenvalue weighted by Gasteiger charge is -2.05. The number of hydrogen-bond donors (Lipinski definition) is 0. The summed E-state index contributed by atoms with van der Waals surface area (Å²) in [6.07, 6.45) is 0.885. The van der Waals surface area contributed by atoms with Gasteiger partial charge in [0.25, 0.3) is 0 Å². The highest BCUT2D eigenvalue weighted by molar-refractivity contribution is 7.08. The molecule has 0 spiro atoms. The Labute approximate surface area is 98.7 Å². The van der Waals surface area contributed by atoms with Gasteiger partial charge in [0.15, 0.2) is 0 Å². The number of hydrogen-bond acceptors (Lipinski definition) is 3. The van der Waals surface area contributed by atoms with Crippen LogP contribution in [0.3, 0.4) is 0 Å². The molecular formula is C12H14N2OS. The van der Waals surface area contributed by atoms with Crippen molar-refractivity contribution in [2.75, 3.05) is 0 Å². The third-order valence-corrected chi connectivity index (χ3v) is 3.15. The van der Waals surface area contributed by atoms with Gasteiger partial charge in [-0.1, -0.05) is 13.8 Å². The van der Waals surface area contributed by atoms with E-state index in [9.17, 15) is 4.79 Å². The molecule has 2 aromatic rings. The summed E-state index contributed by atoms with van der Waals surface area (Å²) in [6, 6.07) is 4.11. The largest absolute Gasteiger partial charge is 0.301 e. The number of nitrogens with zero attached hydrogens (tertiary/aromatic N) is 2. The average molecular weight is 234 g/mol. The average Bonchev–Trinajstić information content (AvgIpc) is 2.83. The van der Waals surface area contributed by atoms with E-state index in [4.69, 9.17) is 0 Å². The summed E-state index contributed by atoms with van der Waals surface area (Å²) in [7, 11) is 0. The van der Waals surface area contributed by atoms with E-state index in [2.05, 4.69) is 30.4 Å². The summed E-state index contributed by atoms with van der Waals surface area (Å²) in [5.41, 5.74) is 3.18. The number of aldehydes is 1. The van der Waals surface area contributed by atoms with Crippen LogP contribution in [0.15, 0.2) is 22.9 Å². The first-order valence-corrected chi connectivity index (χ1v) is 6.20. The highest BCUT2D eigenvalue weighted by Gasteiger charge is 2.12. The van der Waals surface area contributed by atoms with Gasteiger partial charge in [-0.15, -0.1) is 0 Å². The molecule has 2 heterocycles. The molecule has 3 nitrogen and oxygen atoms in total. The molecule has 0 amide bonds. The topological polar surface area (TPSA) is 34.9 Å². The van der Waals surface area contributed by atoms with E-state index in [1.54, 1.807) is 16.0 Å². The summed E-state index contributed by atoms with van der Waals surface area (Å²) in [6.45, 7) is 4.54. The molecule has 2 aromatic heterocycles. The maximum atomic E-state index is 10.6. The molecule has 0 aliphatic heterocycles. The van der Waals surface area contributed by atoms with Crippen LogP contribution in [0.5, 0.6) is 0 Å². The fourth-order valence-electron chi connectivity index (χ4n) is 1.66. The Kier molecular flexibility index (Phi) is 3.19. The molecule has 2 rings (SSSR count). The zero-order valence-corrected chi connectivity index (χ0v) is 10.2. The lowest BCUT2D eigenvalue weighted by Crippen LogP contribution is -2.06. The van der Waals surface area contributed by atoms with Gasteiger partial charge in [-0.3, -0.25) is 4.68 Å². The smallest absolute Gasteiger partial charge is 0.141 e. The van der Waals surface area contributed by atoms with Crippen LogP contribution in [0.1, 0.15) is 25.5 Å². The standard InChI is InChI=1S/C12H14N2OS/c1-9(2)12-7-11(10-3-6-16-8-10)13-14(12)4-5-15/h3,5-9H,4H2,1-2H3. The van der Waals surface area contributed by atoms with E-state index in [0.29, 0.717) is 12.5 Å². The first-order valence-electron chi connectivity index (χ1n) is 5.26. The molecule has 0 saturated carbocycles. The Morgan fingerprint density at radius 1 is 1.56 bits per heavy atom. The molecule has 0 radical (unpaired) electrons. The fraction of sp³-hybridized carbons (Fsp3) is 0.333. The minimum atomic E-state index is 0.331. The van der Waals surface area contributed by atoms with E-state index in [0.717, 1.165) is 23.2 Å². The van der Waals surface area contributed by atoms with Crippen LogP contribution >= 0.6 is 11.3 Å². The van der Waals surface area contributed by atoms with Crippen LogP contribution in [-0.4, -0.2) is 16.1 Å². The monoisotopic (exact) mass is 234 g/mol. The normalized spacial score (nSPS) is 10.9. The summed E-state index contributed by atoms with van der Waals surface area (Å²) in [5, 5.41) is 8.55. The predicted molar refractivity (Wildman–Crippen MR) is 65.7 cm³/mol. The fourth-order valence-corrected chi connectivity index (χ4v) is 2.31. The lowest BCUT2D eigenvalue weighted by molar-refractivity contribution is -0.108. The Morgan fingerprint density at radius 3 is 2.94 bits per heavy atom. The molecule has 0 aliphatic carbocycles. The van der Waals surface area contributed by atoms with E-state index in [1.807, 2.05) is 11.4 Å². The predicted octanol–water partition coefficient (Wildman–Crippen LogP) is 2.93. The first kappa shape index (κ1) is 11.1. The molecule has 0 unspecified atom stereocenters. The van der Waals surface area contributed by atoms with Crippen molar-refractivity contribution in [3.05, 3.63) is 28.6 Å². The summed E-state index contributed by atoms with van der Waals surface area (Å²) >= 11 is 1.65. The van der Waals surface area contributed by atoms with Crippen LogP contribution in [0, 0.1) is 0 Å².